The lowest BCUT2D eigenvalue weighted by Gasteiger charge is -2.32. The number of anilines is 1. The molecule has 0 saturated carbocycles. The summed E-state index contributed by atoms with van der Waals surface area (Å²) in [6.45, 7) is 4.87. The van der Waals surface area contributed by atoms with E-state index in [2.05, 4.69) is 20.2 Å². The van der Waals surface area contributed by atoms with Gasteiger partial charge in [-0.3, -0.25) is 4.79 Å². The van der Waals surface area contributed by atoms with E-state index in [1.54, 1.807) is 6.07 Å². The highest BCUT2D eigenvalue weighted by Crippen LogP contribution is 2.20. The lowest BCUT2D eigenvalue weighted by atomic mass is 9.97. The fourth-order valence-electron chi connectivity index (χ4n) is 2.38. The molecule has 0 bridgehead atoms. The molecule has 1 aliphatic rings. The van der Waals surface area contributed by atoms with Gasteiger partial charge >= 0.3 is 0 Å². The second-order valence-corrected chi connectivity index (χ2v) is 4.68. The van der Waals surface area contributed by atoms with E-state index in [9.17, 15) is 4.79 Å². The van der Waals surface area contributed by atoms with Crippen LogP contribution in [-0.2, 0) is 0 Å². The number of aromatic nitrogens is 2. The molecule has 5 nitrogen and oxygen atoms in total. The highest BCUT2D eigenvalue weighted by molar-refractivity contribution is 5.37. The Morgan fingerprint density at radius 2 is 2.24 bits per heavy atom. The minimum atomic E-state index is -0.0650. The molecular formula is C12H20N4O. The van der Waals surface area contributed by atoms with Crippen LogP contribution in [0.15, 0.2) is 10.9 Å². The number of rotatable bonds is 3. The van der Waals surface area contributed by atoms with Gasteiger partial charge in [-0.2, -0.15) is 0 Å². The van der Waals surface area contributed by atoms with Gasteiger partial charge in [-0.05, 0) is 39.3 Å². The van der Waals surface area contributed by atoms with Crippen LogP contribution in [0.1, 0.15) is 18.7 Å². The SMILES string of the molecule is CNCC1CCN(c2cc(=O)[nH]c(C)n2)CC1. The maximum Gasteiger partial charge on any atom is 0.252 e. The molecule has 0 unspecified atom stereocenters. The zero-order chi connectivity index (χ0) is 12.3. The van der Waals surface area contributed by atoms with Gasteiger partial charge in [0.15, 0.2) is 0 Å². The molecule has 5 heteroatoms. The van der Waals surface area contributed by atoms with Crippen molar-refractivity contribution in [2.24, 2.45) is 5.92 Å². The van der Waals surface area contributed by atoms with E-state index in [1.807, 2.05) is 14.0 Å². The third-order valence-corrected chi connectivity index (χ3v) is 3.28. The molecule has 2 rings (SSSR count). The van der Waals surface area contributed by atoms with Gasteiger partial charge in [0.25, 0.3) is 5.56 Å². The number of hydrogen-bond acceptors (Lipinski definition) is 4. The summed E-state index contributed by atoms with van der Waals surface area (Å²) in [5.74, 6) is 2.25. The summed E-state index contributed by atoms with van der Waals surface area (Å²) >= 11 is 0. The molecule has 1 aromatic rings. The predicted octanol–water partition coefficient (Wildman–Crippen LogP) is 0.514. The predicted molar refractivity (Wildman–Crippen MR) is 68.5 cm³/mol. The molecule has 2 heterocycles. The first kappa shape index (κ1) is 12.1. The molecule has 17 heavy (non-hydrogen) atoms. The Kier molecular flexibility index (Phi) is 3.78. The highest BCUT2D eigenvalue weighted by Gasteiger charge is 2.19. The van der Waals surface area contributed by atoms with Crippen LogP contribution >= 0.6 is 0 Å². The molecule has 0 aromatic carbocycles. The zero-order valence-corrected chi connectivity index (χ0v) is 10.5. The maximum absolute atomic E-state index is 11.4. The fourth-order valence-corrected chi connectivity index (χ4v) is 2.38. The summed E-state index contributed by atoms with van der Waals surface area (Å²) in [4.78, 5) is 20.6. The lowest BCUT2D eigenvalue weighted by Crippen LogP contribution is -2.37. The van der Waals surface area contributed by atoms with E-state index in [0.29, 0.717) is 5.82 Å². The van der Waals surface area contributed by atoms with Crippen molar-refractivity contribution in [2.75, 3.05) is 31.6 Å². The van der Waals surface area contributed by atoms with Crippen LogP contribution in [0.4, 0.5) is 5.82 Å². The summed E-state index contributed by atoms with van der Waals surface area (Å²) in [6.07, 6.45) is 2.32. The Balaban J connectivity index is 2.02. The summed E-state index contributed by atoms with van der Waals surface area (Å²) in [6, 6.07) is 1.59. The van der Waals surface area contributed by atoms with Gasteiger partial charge in [0, 0.05) is 19.2 Å². The summed E-state index contributed by atoms with van der Waals surface area (Å²) in [5, 5.41) is 3.22. The zero-order valence-electron chi connectivity index (χ0n) is 10.5. The molecule has 94 valence electrons. The van der Waals surface area contributed by atoms with Crippen LogP contribution in [0.3, 0.4) is 0 Å². The number of aromatic amines is 1. The van der Waals surface area contributed by atoms with Crippen molar-refractivity contribution >= 4 is 5.82 Å². The average molecular weight is 236 g/mol. The van der Waals surface area contributed by atoms with E-state index >= 15 is 0 Å². The number of aryl methyl sites for hydroxylation is 1. The Bertz CT molecular complexity index is 421. The Labute approximate surface area is 101 Å². The van der Waals surface area contributed by atoms with E-state index in [1.165, 1.54) is 0 Å². The van der Waals surface area contributed by atoms with Crippen molar-refractivity contribution in [3.8, 4) is 0 Å². The van der Waals surface area contributed by atoms with Crippen molar-refractivity contribution in [3.63, 3.8) is 0 Å². The molecule has 0 aliphatic carbocycles. The van der Waals surface area contributed by atoms with Crippen molar-refractivity contribution in [1.29, 1.82) is 0 Å². The van der Waals surface area contributed by atoms with Crippen LogP contribution in [0.5, 0.6) is 0 Å². The summed E-state index contributed by atoms with van der Waals surface area (Å²) in [5.41, 5.74) is -0.0650. The monoisotopic (exact) mass is 236 g/mol. The minimum Gasteiger partial charge on any atom is -0.356 e. The summed E-state index contributed by atoms with van der Waals surface area (Å²) < 4.78 is 0. The van der Waals surface area contributed by atoms with Gasteiger partial charge in [-0.15, -0.1) is 0 Å². The highest BCUT2D eigenvalue weighted by atomic mass is 16.1. The van der Waals surface area contributed by atoms with Crippen LogP contribution in [0.25, 0.3) is 0 Å². The molecule has 2 N–H and O–H groups in total. The second-order valence-electron chi connectivity index (χ2n) is 4.68. The maximum atomic E-state index is 11.4. The van der Waals surface area contributed by atoms with Crippen molar-refractivity contribution in [1.82, 2.24) is 15.3 Å². The van der Waals surface area contributed by atoms with Crippen LogP contribution < -0.4 is 15.8 Å². The molecule has 0 atom stereocenters. The molecule has 1 fully saturated rings. The Hall–Kier alpha value is -1.36. The average Bonchev–Trinajstić information content (AvgIpc) is 2.29. The lowest BCUT2D eigenvalue weighted by molar-refractivity contribution is 0.392. The third kappa shape index (κ3) is 3.06. The largest absolute Gasteiger partial charge is 0.356 e. The molecular weight excluding hydrogens is 216 g/mol. The molecule has 0 amide bonds. The number of nitrogens with one attached hydrogen (secondary N) is 2. The molecule has 0 radical (unpaired) electrons. The number of hydrogen-bond donors (Lipinski definition) is 2. The molecule has 1 aliphatic heterocycles. The van der Waals surface area contributed by atoms with E-state index in [-0.39, 0.29) is 5.56 Å². The Morgan fingerprint density at radius 3 is 2.82 bits per heavy atom. The third-order valence-electron chi connectivity index (χ3n) is 3.28. The van der Waals surface area contributed by atoms with Crippen molar-refractivity contribution in [2.45, 2.75) is 19.8 Å². The van der Waals surface area contributed by atoms with Crippen LogP contribution in [-0.4, -0.2) is 36.6 Å². The second kappa shape index (κ2) is 5.31. The topological polar surface area (TPSA) is 61.0 Å². The number of H-pyrrole nitrogens is 1. The molecule has 1 aromatic heterocycles. The van der Waals surface area contributed by atoms with Crippen molar-refractivity contribution < 1.29 is 0 Å². The first-order chi connectivity index (χ1) is 8.19. The minimum absolute atomic E-state index is 0.0650. The molecule has 1 saturated heterocycles. The van der Waals surface area contributed by atoms with Gasteiger partial charge in [0.2, 0.25) is 0 Å². The Morgan fingerprint density at radius 1 is 1.53 bits per heavy atom. The van der Waals surface area contributed by atoms with Gasteiger partial charge in [0.1, 0.15) is 11.6 Å². The van der Waals surface area contributed by atoms with E-state index in [0.717, 1.165) is 44.2 Å². The fraction of sp³-hybridized carbons (Fsp3) is 0.667. The number of piperidine rings is 1. The van der Waals surface area contributed by atoms with Gasteiger partial charge in [0.05, 0.1) is 0 Å². The molecule has 0 spiro atoms. The van der Waals surface area contributed by atoms with Crippen molar-refractivity contribution in [3.05, 3.63) is 22.2 Å². The standard InChI is InChI=1S/C12H20N4O/c1-9-14-11(7-12(17)15-9)16-5-3-10(4-6-16)8-13-2/h7,10,13H,3-6,8H2,1-2H3,(H,14,15,17). The smallest absolute Gasteiger partial charge is 0.252 e. The van der Waals surface area contributed by atoms with E-state index < -0.39 is 0 Å². The van der Waals surface area contributed by atoms with Crippen LogP contribution in [0, 0.1) is 12.8 Å². The van der Waals surface area contributed by atoms with Gasteiger partial charge in [-0.25, -0.2) is 4.98 Å². The van der Waals surface area contributed by atoms with Gasteiger partial charge in [-0.1, -0.05) is 0 Å². The van der Waals surface area contributed by atoms with E-state index in [4.69, 9.17) is 0 Å². The normalized spacial score (nSPS) is 17.4. The first-order valence-corrected chi connectivity index (χ1v) is 6.16. The van der Waals surface area contributed by atoms with Crippen LogP contribution in [0.2, 0.25) is 0 Å². The van der Waals surface area contributed by atoms with Gasteiger partial charge < -0.3 is 15.2 Å². The number of nitrogens with zero attached hydrogens (tertiary/aromatic N) is 2. The first-order valence-electron chi connectivity index (χ1n) is 6.16. The quantitative estimate of drug-likeness (QED) is 0.803. The summed E-state index contributed by atoms with van der Waals surface area (Å²) in [7, 11) is 1.99.